The molecule has 4 heterocycles. The molecular weight excluding hydrogens is 552 g/mol. The summed E-state index contributed by atoms with van der Waals surface area (Å²) in [4.78, 5) is 61.8. The fourth-order valence-electron chi connectivity index (χ4n) is 4.90. The van der Waals surface area contributed by atoms with E-state index in [4.69, 9.17) is 4.42 Å². The lowest BCUT2D eigenvalue weighted by atomic mass is 10.00. The van der Waals surface area contributed by atoms with Gasteiger partial charge in [0.25, 0.3) is 11.8 Å². The van der Waals surface area contributed by atoms with Crippen LogP contribution in [0.25, 0.3) is 5.65 Å². The molecule has 3 atom stereocenters. The van der Waals surface area contributed by atoms with Crippen LogP contribution in [0.3, 0.4) is 0 Å². The van der Waals surface area contributed by atoms with Gasteiger partial charge < -0.3 is 25.7 Å². The summed E-state index contributed by atoms with van der Waals surface area (Å²) in [5.41, 5.74) is 1.69. The van der Waals surface area contributed by atoms with Crippen LogP contribution in [0, 0.1) is 5.92 Å². The Labute approximate surface area is 247 Å². The van der Waals surface area contributed by atoms with Crippen molar-refractivity contribution >= 4 is 29.3 Å². The normalized spacial score (nSPS) is 20.3. The lowest BCUT2D eigenvalue weighted by molar-refractivity contribution is -0.131. The molecule has 224 valence electrons. The smallest absolute Gasteiger partial charge is 0.273 e. The van der Waals surface area contributed by atoms with Crippen molar-refractivity contribution in [3.8, 4) is 0 Å². The van der Waals surface area contributed by atoms with Gasteiger partial charge in [0.2, 0.25) is 17.7 Å². The van der Waals surface area contributed by atoms with E-state index in [1.807, 2.05) is 44.2 Å². The largest absolute Gasteiger partial charge is 0.446 e. The van der Waals surface area contributed by atoms with E-state index in [9.17, 15) is 19.2 Å². The fraction of sp³-hybridized carbons (Fsp3) is 0.367. The van der Waals surface area contributed by atoms with Crippen molar-refractivity contribution in [3.63, 3.8) is 0 Å². The number of hydrogen-bond acceptors (Lipinski definition) is 8. The Bertz CT molecular complexity index is 1600. The Hall–Kier alpha value is -5.07. The first-order valence-electron chi connectivity index (χ1n) is 14.3. The highest BCUT2D eigenvalue weighted by molar-refractivity contribution is 5.97. The maximum absolute atomic E-state index is 13.7. The molecule has 0 aliphatic carbocycles. The molecule has 13 heteroatoms. The predicted molar refractivity (Wildman–Crippen MR) is 155 cm³/mol. The Morgan fingerprint density at radius 1 is 1.07 bits per heavy atom. The number of carbonyl (C=O) groups excluding carboxylic acids is 4. The van der Waals surface area contributed by atoms with Crippen molar-refractivity contribution < 1.29 is 23.6 Å². The summed E-state index contributed by atoms with van der Waals surface area (Å²) in [6.07, 6.45) is 5.87. The van der Waals surface area contributed by atoms with E-state index in [1.54, 1.807) is 12.1 Å². The van der Waals surface area contributed by atoms with Gasteiger partial charge in [0.1, 0.15) is 30.1 Å². The number of amides is 4. The number of fused-ring (bicyclic) bond motifs is 3. The average molecular weight is 587 g/mol. The average Bonchev–Trinajstić information content (AvgIpc) is 3.67. The number of rotatable bonds is 5. The van der Waals surface area contributed by atoms with Crippen LogP contribution in [0.5, 0.6) is 0 Å². The van der Waals surface area contributed by atoms with Crippen LogP contribution in [0.2, 0.25) is 0 Å². The highest BCUT2D eigenvalue weighted by Crippen LogP contribution is 2.20. The molecule has 0 spiro atoms. The lowest BCUT2D eigenvalue weighted by Crippen LogP contribution is -2.56. The summed E-state index contributed by atoms with van der Waals surface area (Å²) in [5.74, 6) is -1.99. The molecule has 0 radical (unpaired) electrons. The highest BCUT2D eigenvalue weighted by Gasteiger charge is 2.32. The zero-order chi connectivity index (χ0) is 30.3. The molecule has 13 nitrogen and oxygen atoms in total. The third-order valence-corrected chi connectivity index (χ3v) is 7.24. The van der Waals surface area contributed by atoms with Crippen LogP contribution in [-0.2, 0) is 16.0 Å². The number of imidazole rings is 1. The molecule has 4 amide bonds. The van der Waals surface area contributed by atoms with Crippen LogP contribution in [0.15, 0.2) is 65.5 Å². The lowest BCUT2D eigenvalue weighted by Gasteiger charge is -2.27. The number of aromatic nitrogens is 4. The van der Waals surface area contributed by atoms with Gasteiger partial charge in [-0.25, -0.2) is 14.5 Å². The minimum absolute atomic E-state index is 0.106. The van der Waals surface area contributed by atoms with Gasteiger partial charge >= 0.3 is 0 Å². The molecule has 4 N–H and O–H groups in total. The number of carbonyl (C=O) groups is 4. The van der Waals surface area contributed by atoms with E-state index in [0.29, 0.717) is 31.5 Å². The third kappa shape index (κ3) is 7.05. The van der Waals surface area contributed by atoms with E-state index < -0.39 is 41.8 Å². The van der Waals surface area contributed by atoms with Gasteiger partial charge in [0.05, 0.1) is 6.20 Å². The van der Waals surface area contributed by atoms with E-state index in [2.05, 4.69) is 36.3 Å². The summed E-state index contributed by atoms with van der Waals surface area (Å²) in [7, 11) is 0. The molecule has 3 aromatic heterocycles. The molecule has 1 aliphatic rings. The Morgan fingerprint density at radius 2 is 1.88 bits per heavy atom. The van der Waals surface area contributed by atoms with Gasteiger partial charge in [-0.1, -0.05) is 44.2 Å². The van der Waals surface area contributed by atoms with Crippen LogP contribution in [-0.4, -0.2) is 61.8 Å². The molecule has 5 rings (SSSR count). The monoisotopic (exact) mass is 586 g/mol. The van der Waals surface area contributed by atoms with Crippen molar-refractivity contribution in [3.05, 3.63) is 84.0 Å². The van der Waals surface area contributed by atoms with Crippen LogP contribution in [0.4, 0.5) is 0 Å². The van der Waals surface area contributed by atoms with Crippen molar-refractivity contribution in [2.75, 3.05) is 6.54 Å². The molecule has 0 saturated heterocycles. The number of nitrogens with zero attached hydrogens (tertiary/aromatic N) is 4. The minimum Gasteiger partial charge on any atom is -0.446 e. The first-order chi connectivity index (χ1) is 20.8. The van der Waals surface area contributed by atoms with E-state index in [0.717, 1.165) is 5.56 Å². The fourth-order valence-corrected chi connectivity index (χ4v) is 4.90. The molecule has 0 saturated carbocycles. The molecule has 0 unspecified atom stereocenters. The Kier molecular flexibility index (Phi) is 9.08. The van der Waals surface area contributed by atoms with E-state index in [1.165, 1.54) is 23.2 Å². The zero-order valence-electron chi connectivity index (χ0n) is 23.9. The predicted octanol–water partition coefficient (Wildman–Crippen LogP) is 1.97. The molecule has 2 bridgehead atoms. The second kappa shape index (κ2) is 13.3. The first kappa shape index (κ1) is 29.4. The van der Waals surface area contributed by atoms with Gasteiger partial charge in [-0.15, -0.1) is 0 Å². The molecule has 4 aromatic rings. The quantitative estimate of drug-likeness (QED) is 0.275. The maximum Gasteiger partial charge on any atom is 0.273 e. The topological polar surface area (TPSA) is 173 Å². The van der Waals surface area contributed by atoms with Crippen LogP contribution < -0.4 is 21.3 Å². The van der Waals surface area contributed by atoms with Crippen LogP contribution in [0.1, 0.15) is 71.6 Å². The van der Waals surface area contributed by atoms with Crippen molar-refractivity contribution in [1.82, 2.24) is 40.8 Å². The van der Waals surface area contributed by atoms with Crippen molar-refractivity contribution in [2.45, 2.75) is 57.7 Å². The second-order valence-electron chi connectivity index (χ2n) is 10.8. The molecule has 43 heavy (non-hydrogen) atoms. The standard InChI is InChI=1S/C30H34N8O5/c1-18(2)25-29(42)35-21(15-19-9-4-3-5-10-19)30-36-22(17-43-30)26(39)31-13-7-6-11-20(27(40)37-25)34-28(41)23-16-32-24-12-8-14-33-38(23)24/h3-5,8-10,12,14,16-18,20-21,25H,6-7,11,13,15H2,1-2H3,(H,31,39)(H,34,41)(H,35,42)(H,37,40)/t20-,21+,25-/m0/s1. The van der Waals surface area contributed by atoms with Gasteiger partial charge in [0, 0.05) is 19.2 Å². The molecule has 1 aromatic carbocycles. The van der Waals surface area contributed by atoms with Gasteiger partial charge in [-0.05, 0) is 42.9 Å². The number of benzene rings is 1. The molecule has 0 fully saturated rings. The first-order valence-corrected chi connectivity index (χ1v) is 14.3. The number of oxazole rings is 1. The Morgan fingerprint density at radius 3 is 2.67 bits per heavy atom. The van der Waals surface area contributed by atoms with Crippen LogP contribution >= 0.6 is 0 Å². The van der Waals surface area contributed by atoms with Crippen molar-refractivity contribution in [1.29, 1.82) is 0 Å². The number of nitrogens with one attached hydrogen (secondary N) is 4. The zero-order valence-corrected chi connectivity index (χ0v) is 23.9. The van der Waals surface area contributed by atoms with Crippen molar-refractivity contribution in [2.24, 2.45) is 5.92 Å². The minimum atomic E-state index is -0.953. The van der Waals surface area contributed by atoms with Gasteiger partial charge in [0.15, 0.2) is 11.3 Å². The van der Waals surface area contributed by atoms with E-state index >= 15 is 0 Å². The SMILES string of the molecule is CC(C)[C@@H]1NC(=O)[C@@H](NC(=O)c2cnc3cccnn23)CCCCNC(=O)c2coc(n2)[C@@H](Cc2ccccc2)NC1=O. The highest BCUT2D eigenvalue weighted by atomic mass is 16.3. The summed E-state index contributed by atoms with van der Waals surface area (Å²) in [6.45, 7) is 3.97. The Balaban J connectivity index is 1.40. The second-order valence-corrected chi connectivity index (χ2v) is 10.8. The summed E-state index contributed by atoms with van der Waals surface area (Å²) >= 11 is 0. The van der Waals surface area contributed by atoms with E-state index in [-0.39, 0.29) is 29.6 Å². The number of hydrogen-bond donors (Lipinski definition) is 4. The van der Waals surface area contributed by atoms with Gasteiger partial charge in [-0.3, -0.25) is 19.2 Å². The maximum atomic E-state index is 13.7. The third-order valence-electron chi connectivity index (χ3n) is 7.24. The summed E-state index contributed by atoms with van der Waals surface area (Å²) in [5, 5.41) is 15.6. The van der Waals surface area contributed by atoms with Gasteiger partial charge in [-0.2, -0.15) is 5.10 Å². The molecular formula is C30H34N8O5. The summed E-state index contributed by atoms with van der Waals surface area (Å²) in [6, 6.07) is 10.3. The molecule has 1 aliphatic heterocycles. The summed E-state index contributed by atoms with van der Waals surface area (Å²) < 4.78 is 7.05.